The van der Waals surface area contributed by atoms with Gasteiger partial charge in [0.05, 0.1) is 6.04 Å². The Labute approximate surface area is 144 Å². The van der Waals surface area contributed by atoms with Gasteiger partial charge in [0.25, 0.3) is 0 Å². The number of rotatable bonds is 6. The minimum Gasteiger partial charge on any atom is -0.456 e. The van der Waals surface area contributed by atoms with Gasteiger partial charge in [-0.3, -0.25) is 4.79 Å². The lowest BCUT2D eigenvalue weighted by Gasteiger charge is -2.45. The maximum Gasteiger partial charge on any atom is 0.355 e. The fraction of sp³-hybridized carbons (Fsp3) is 0.333. The quantitative estimate of drug-likeness (QED) is 0.250. The van der Waals surface area contributed by atoms with Gasteiger partial charge in [-0.15, -0.1) is 6.58 Å². The van der Waals surface area contributed by atoms with Crippen LogP contribution in [-0.4, -0.2) is 27.6 Å². The topological polar surface area (TPSA) is 46.6 Å². The van der Waals surface area contributed by atoms with E-state index in [1.54, 1.807) is 19.9 Å². The number of likely N-dealkylation sites (tertiary alicyclic amines) is 1. The van der Waals surface area contributed by atoms with Gasteiger partial charge >= 0.3 is 5.97 Å². The Balaban J connectivity index is 2.12. The van der Waals surface area contributed by atoms with Crippen LogP contribution in [0.2, 0.25) is 0 Å². The molecule has 2 rings (SSSR count). The van der Waals surface area contributed by atoms with Crippen LogP contribution < -0.4 is 0 Å². The molecule has 5 heteroatoms. The summed E-state index contributed by atoms with van der Waals surface area (Å²) < 4.78 is 5.39. The molecule has 1 fully saturated rings. The summed E-state index contributed by atoms with van der Waals surface area (Å²) >= 11 is 3.36. The van der Waals surface area contributed by atoms with Crippen LogP contribution in [0.4, 0.5) is 0 Å². The number of alkyl halides is 1. The van der Waals surface area contributed by atoms with Gasteiger partial charge in [0.15, 0.2) is 0 Å². The van der Waals surface area contributed by atoms with E-state index < -0.39 is 5.97 Å². The Kier molecular flexibility index (Phi) is 5.77. The second kappa shape index (κ2) is 7.59. The van der Waals surface area contributed by atoms with E-state index in [0.29, 0.717) is 12.1 Å². The molecule has 0 aliphatic carbocycles. The molecule has 0 aromatic heterocycles. The summed E-state index contributed by atoms with van der Waals surface area (Å²) in [7, 11) is 0. The first kappa shape index (κ1) is 17.5. The van der Waals surface area contributed by atoms with E-state index in [9.17, 15) is 9.59 Å². The van der Waals surface area contributed by atoms with Crippen molar-refractivity contribution in [2.24, 2.45) is 0 Å². The van der Waals surface area contributed by atoms with Crippen LogP contribution >= 0.6 is 15.9 Å². The highest BCUT2D eigenvalue weighted by Gasteiger charge is 2.48. The smallest absolute Gasteiger partial charge is 0.355 e. The summed E-state index contributed by atoms with van der Waals surface area (Å²) in [6.07, 6.45) is 2.36. The molecular weight excluding hydrogens is 358 g/mol. The molecule has 0 radical (unpaired) electrons. The molecule has 1 saturated heterocycles. The van der Waals surface area contributed by atoms with Crippen LogP contribution in [0.15, 0.2) is 54.3 Å². The summed E-state index contributed by atoms with van der Waals surface area (Å²) in [5, 5.41) is 0. The zero-order chi connectivity index (χ0) is 17.0. The fourth-order valence-electron chi connectivity index (χ4n) is 2.52. The fourth-order valence-corrected chi connectivity index (χ4v) is 3.19. The number of ether oxygens (including phenoxy) is 1. The van der Waals surface area contributed by atoms with Crippen molar-refractivity contribution in [1.29, 1.82) is 0 Å². The van der Waals surface area contributed by atoms with Gasteiger partial charge in [0.2, 0.25) is 5.91 Å². The Morgan fingerprint density at radius 3 is 2.57 bits per heavy atom. The van der Waals surface area contributed by atoms with E-state index in [4.69, 9.17) is 4.74 Å². The minimum absolute atomic E-state index is 0.103. The Bertz CT molecular complexity index is 635. The molecule has 0 bridgehead atoms. The van der Waals surface area contributed by atoms with Crippen LogP contribution in [0.3, 0.4) is 0 Å². The van der Waals surface area contributed by atoms with Crippen molar-refractivity contribution in [1.82, 2.24) is 4.90 Å². The number of amides is 1. The third kappa shape index (κ3) is 3.72. The second-order valence-corrected chi connectivity index (χ2v) is 6.60. The number of allylic oxidation sites excluding steroid dienone is 1. The predicted molar refractivity (Wildman–Crippen MR) is 92.8 cm³/mol. The molecular formula is C18H20BrNO3. The van der Waals surface area contributed by atoms with E-state index >= 15 is 0 Å². The zero-order valence-electron chi connectivity index (χ0n) is 13.3. The standard InChI is InChI=1S/C18H20BrNO3/c1-4-8-14-15(19)17(21)20(14)16(12(2)3)18(22)23-11-13-9-6-5-7-10-13/h4-7,9-10,14-15H,1,8,11H2,2-3H3/t14-,15?/m0/s1. The number of β-lactam (4-membered cyclic amide) rings is 1. The molecule has 1 heterocycles. The largest absolute Gasteiger partial charge is 0.456 e. The average molecular weight is 378 g/mol. The summed E-state index contributed by atoms with van der Waals surface area (Å²) in [6.45, 7) is 7.50. The number of benzene rings is 1. The first-order valence-electron chi connectivity index (χ1n) is 7.44. The summed E-state index contributed by atoms with van der Waals surface area (Å²) in [4.78, 5) is 25.9. The number of halogens is 1. The molecule has 23 heavy (non-hydrogen) atoms. The third-order valence-corrected chi connectivity index (χ3v) is 4.67. The molecule has 122 valence electrons. The molecule has 1 unspecified atom stereocenters. The van der Waals surface area contributed by atoms with E-state index in [1.165, 1.54) is 4.90 Å². The molecule has 1 amide bonds. The van der Waals surface area contributed by atoms with Crippen molar-refractivity contribution in [3.63, 3.8) is 0 Å². The van der Waals surface area contributed by atoms with Gasteiger partial charge in [-0.2, -0.15) is 0 Å². The maximum absolute atomic E-state index is 12.5. The van der Waals surface area contributed by atoms with Gasteiger partial charge in [0.1, 0.15) is 17.1 Å². The van der Waals surface area contributed by atoms with Gasteiger partial charge in [-0.05, 0) is 31.4 Å². The van der Waals surface area contributed by atoms with Crippen LogP contribution in [0.25, 0.3) is 0 Å². The summed E-state index contributed by atoms with van der Waals surface area (Å²) in [5.41, 5.74) is 1.99. The van der Waals surface area contributed by atoms with Gasteiger partial charge in [0, 0.05) is 0 Å². The van der Waals surface area contributed by atoms with E-state index in [0.717, 1.165) is 11.1 Å². The second-order valence-electron chi connectivity index (χ2n) is 5.61. The van der Waals surface area contributed by atoms with Crippen molar-refractivity contribution >= 4 is 27.8 Å². The molecule has 4 nitrogen and oxygen atoms in total. The summed E-state index contributed by atoms with van der Waals surface area (Å²) in [6, 6.07) is 9.35. The maximum atomic E-state index is 12.5. The van der Waals surface area contributed by atoms with Crippen LogP contribution in [0, 0.1) is 0 Å². The van der Waals surface area contributed by atoms with Crippen LogP contribution in [0.5, 0.6) is 0 Å². The highest BCUT2D eigenvalue weighted by molar-refractivity contribution is 9.10. The number of nitrogens with zero attached hydrogens (tertiary/aromatic N) is 1. The molecule has 1 aliphatic rings. The molecule has 1 aromatic rings. The SMILES string of the molecule is C=CC[C@H]1C(Br)C(=O)N1C(C(=O)OCc1ccccc1)=C(C)C. The van der Waals surface area contributed by atoms with Crippen molar-refractivity contribution in [3.05, 3.63) is 59.8 Å². The number of hydrogen-bond acceptors (Lipinski definition) is 3. The Morgan fingerprint density at radius 2 is 2.00 bits per heavy atom. The van der Waals surface area contributed by atoms with Gasteiger partial charge < -0.3 is 9.64 Å². The monoisotopic (exact) mass is 377 g/mol. The van der Waals surface area contributed by atoms with Crippen LogP contribution in [0.1, 0.15) is 25.8 Å². The first-order chi connectivity index (χ1) is 11.0. The summed E-state index contributed by atoms with van der Waals surface area (Å²) in [5.74, 6) is -0.597. The number of esters is 1. The number of hydrogen-bond donors (Lipinski definition) is 0. The average Bonchev–Trinajstić information content (AvgIpc) is 2.56. The molecule has 0 N–H and O–H groups in total. The van der Waals surface area contributed by atoms with Crippen LogP contribution in [-0.2, 0) is 20.9 Å². The van der Waals surface area contributed by atoms with Gasteiger partial charge in [-0.1, -0.05) is 52.3 Å². The minimum atomic E-state index is -0.476. The third-order valence-electron chi connectivity index (χ3n) is 3.67. The first-order valence-corrected chi connectivity index (χ1v) is 8.35. The Hall–Kier alpha value is -1.88. The molecule has 0 saturated carbocycles. The van der Waals surface area contributed by atoms with Crippen molar-refractivity contribution in [2.75, 3.05) is 0 Å². The Morgan fingerprint density at radius 1 is 1.35 bits per heavy atom. The molecule has 1 aliphatic heterocycles. The number of carbonyl (C=O) groups excluding carboxylic acids is 2. The highest BCUT2D eigenvalue weighted by atomic mass is 79.9. The zero-order valence-corrected chi connectivity index (χ0v) is 14.9. The van der Waals surface area contributed by atoms with Crippen molar-refractivity contribution in [3.8, 4) is 0 Å². The lowest BCUT2D eigenvalue weighted by atomic mass is 9.96. The van der Waals surface area contributed by atoms with Crippen molar-refractivity contribution in [2.45, 2.75) is 37.7 Å². The van der Waals surface area contributed by atoms with E-state index in [1.807, 2.05) is 30.3 Å². The highest BCUT2D eigenvalue weighted by Crippen LogP contribution is 2.34. The van der Waals surface area contributed by atoms with Crippen molar-refractivity contribution < 1.29 is 14.3 Å². The molecule has 0 spiro atoms. The molecule has 1 aromatic carbocycles. The molecule has 2 atom stereocenters. The lowest BCUT2D eigenvalue weighted by Crippen LogP contribution is -2.62. The van der Waals surface area contributed by atoms with E-state index in [-0.39, 0.29) is 23.4 Å². The normalized spacial score (nSPS) is 19.8. The lowest BCUT2D eigenvalue weighted by molar-refractivity contribution is -0.151. The van der Waals surface area contributed by atoms with E-state index in [2.05, 4.69) is 22.5 Å². The number of carbonyl (C=O) groups is 2. The predicted octanol–water partition coefficient (Wildman–Crippen LogP) is 3.57. The van der Waals surface area contributed by atoms with Gasteiger partial charge in [-0.25, -0.2) is 4.79 Å².